The van der Waals surface area contributed by atoms with E-state index in [1.165, 1.54) is 0 Å². The summed E-state index contributed by atoms with van der Waals surface area (Å²) in [4.78, 5) is 28.2. The molecule has 0 aliphatic heterocycles. The molecule has 1 heterocycles. The predicted octanol–water partition coefficient (Wildman–Crippen LogP) is 6.46. The van der Waals surface area contributed by atoms with Gasteiger partial charge in [0.1, 0.15) is 18.1 Å². The number of aromatic nitrogens is 2. The second-order valence-electron chi connectivity index (χ2n) is 11.1. The first kappa shape index (κ1) is 27.7. The quantitative estimate of drug-likeness (QED) is 0.275. The number of rotatable bonds is 8. The Morgan fingerprint density at radius 1 is 0.974 bits per heavy atom. The molecule has 0 saturated carbocycles. The molecule has 2 N–H and O–H groups in total. The summed E-state index contributed by atoms with van der Waals surface area (Å²) >= 11 is 0. The van der Waals surface area contributed by atoms with Crippen LogP contribution in [0.25, 0.3) is 16.5 Å². The molecule has 0 bridgehead atoms. The molecule has 204 valence electrons. The van der Waals surface area contributed by atoms with Crippen molar-refractivity contribution in [3.05, 3.63) is 78.5 Å². The molecule has 4 rings (SSSR count). The van der Waals surface area contributed by atoms with Crippen molar-refractivity contribution in [2.75, 3.05) is 30.8 Å². The van der Waals surface area contributed by atoms with E-state index in [0.29, 0.717) is 18.1 Å². The highest BCUT2D eigenvalue weighted by Gasteiger charge is 2.24. The SMILES string of the molecule is COc1ccc(-n2nc(C(C)(C)C)cc2NC(=O)CN(CC(C)C)C(=O)Nc2cccc3ccccc23)cc1. The van der Waals surface area contributed by atoms with Gasteiger partial charge >= 0.3 is 6.03 Å². The van der Waals surface area contributed by atoms with Gasteiger partial charge in [-0.05, 0) is 41.6 Å². The van der Waals surface area contributed by atoms with Gasteiger partial charge in [-0.3, -0.25) is 4.79 Å². The van der Waals surface area contributed by atoms with Crippen LogP contribution in [-0.2, 0) is 10.2 Å². The lowest BCUT2D eigenvalue weighted by Gasteiger charge is -2.25. The number of urea groups is 1. The molecule has 0 radical (unpaired) electrons. The molecule has 0 aliphatic carbocycles. The number of fused-ring (bicyclic) bond motifs is 1. The zero-order valence-electron chi connectivity index (χ0n) is 23.5. The molecular formula is C31H37N5O3. The first-order chi connectivity index (χ1) is 18.5. The van der Waals surface area contributed by atoms with E-state index in [0.717, 1.165) is 27.9 Å². The van der Waals surface area contributed by atoms with Crippen molar-refractivity contribution < 1.29 is 14.3 Å². The first-order valence-corrected chi connectivity index (χ1v) is 13.1. The van der Waals surface area contributed by atoms with Crippen molar-refractivity contribution in [3.8, 4) is 11.4 Å². The lowest BCUT2D eigenvalue weighted by Crippen LogP contribution is -2.42. The number of carbonyl (C=O) groups is 2. The molecule has 3 amide bonds. The molecule has 8 nitrogen and oxygen atoms in total. The van der Waals surface area contributed by atoms with Crippen molar-refractivity contribution in [1.29, 1.82) is 0 Å². The lowest BCUT2D eigenvalue weighted by molar-refractivity contribution is -0.116. The summed E-state index contributed by atoms with van der Waals surface area (Å²) in [5.74, 6) is 1.13. The molecule has 8 heteroatoms. The number of amides is 3. The normalized spacial score (nSPS) is 11.5. The average Bonchev–Trinajstić information content (AvgIpc) is 3.32. The molecule has 0 saturated heterocycles. The molecule has 39 heavy (non-hydrogen) atoms. The van der Waals surface area contributed by atoms with E-state index in [4.69, 9.17) is 9.84 Å². The number of carbonyl (C=O) groups excluding carboxylic acids is 2. The van der Waals surface area contributed by atoms with Gasteiger partial charge in [-0.1, -0.05) is 71.0 Å². The first-order valence-electron chi connectivity index (χ1n) is 13.1. The minimum Gasteiger partial charge on any atom is -0.497 e. The standard InChI is InChI=1S/C31H37N5O3/c1-21(2)19-35(30(38)32-26-13-9-11-22-10-7-8-12-25(22)26)20-29(37)33-28-18-27(31(3,4)5)34-36(28)23-14-16-24(39-6)17-15-23/h7-18,21H,19-20H2,1-6H3,(H,32,38)(H,33,37). The van der Waals surface area contributed by atoms with Gasteiger partial charge in [0.2, 0.25) is 5.91 Å². The molecule has 0 fully saturated rings. The van der Waals surface area contributed by atoms with Crippen LogP contribution < -0.4 is 15.4 Å². The Kier molecular flexibility index (Phi) is 8.24. The molecule has 0 unspecified atom stereocenters. The summed E-state index contributed by atoms with van der Waals surface area (Å²) in [6.45, 7) is 10.6. The van der Waals surface area contributed by atoms with Crippen LogP contribution >= 0.6 is 0 Å². The van der Waals surface area contributed by atoms with Crippen molar-refractivity contribution in [2.24, 2.45) is 5.92 Å². The third-order valence-corrected chi connectivity index (χ3v) is 6.30. The Bertz CT molecular complexity index is 1450. The van der Waals surface area contributed by atoms with Gasteiger partial charge in [-0.15, -0.1) is 0 Å². The van der Waals surface area contributed by atoms with Crippen LogP contribution in [-0.4, -0.2) is 46.8 Å². The zero-order chi connectivity index (χ0) is 28.2. The van der Waals surface area contributed by atoms with Crippen LogP contribution in [0.4, 0.5) is 16.3 Å². The van der Waals surface area contributed by atoms with Gasteiger partial charge in [-0.2, -0.15) is 5.10 Å². The van der Waals surface area contributed by atoms with Gasteiger partial charge in [-0.25, -0.2) is 9.48 Å². The number of benzene rings is 3. The van der Waals surface area contributed by atoms with E-state index in [1.807, 2.05) is 86.6 Å². The van der Waals surface area contributed by atoms with Crippen LogP contribution in [0.1, 0.15) is 40.3 Å². The summed E-state index contributed by atoms with van der Waals surface area (Å²) in [7, 11) is 1.62. The fourth-order valence-corrected chi connectivity index (χ4v) is 4.30. The molecule has 0 spiro atoms. The van der Waals surface area contributed by atoms with Gasteiger partial charge in [0, 0.05) is 23.4 Å². The maximum Gasteiger partial charge on any atom is 0.322 e. The van der Waals surface area contributed by atoms with E-state index >= 15 is 0 Å². The Balaban J connectivity index is 1.56. The highest BCUT2D eigenvalue weighted by molar-refractivity contribution is 6.03. The lowest BCUT2D eigenvalue weighted by atomic mass is 9.92. The third kappa shape index (κ3) is 6.76. The third-order valence-electron chi connectivity index (χ3n) is 6.30. The Labute approximate surface area is 230 Å². The van der Waals surface area contributed by atoms with Crippen molar-refractivity contribution >= 4 is 34.2 Å². The van der Waals surface area contributed by atoms with Gasteiger partial charge in [0.05, 0.1) is 24.2 Å². The highest BCUT2D eigenvalue weighted by atomic mass is 16.5. The van der Waals surface area contributed by atoms with Crippen molar-refractivity contribution in [2.45, 2.75) is 40.0 Å². The minimum absolute atomic E-state index is 0.104. The average molecular weight is 528 g/mol. The van der Waals surface area contributed by atoms with Crippen LogP contribution in [0.15, 0.2) is 72.8 Å². The molecule has 0 atom stereocenters. The van der Waals surface area contributed by atoms with E-state index in [-0.39, 0.29) is 29.8 Å². The number of hydrogen-bond donors (Lipinski definition) is 2. The zero-order valence-corrected chi connectivity index (χ0v) is 23.5. The van der Waals surface area contributed by atoms with Crippen LogP contribution in [0.3, 0.4) is 0 Å². The number of nitrogens with zero attached hydrogens (tertiary/aromatic N) is 3. The number of anilines is 2. The molecular weight excluding hydrogens is 490 g/mol. The van der Waals surface area contributed by atoms with Gasteiger partial charge < -0.3 is 20.3 Å². The van der Waals surface area contributed by atoms with Crippen molar-refractivity contribution in [1.82, 2.24) is 14.7 Å². The Morgan fingerprint density at radius 3 is 2.33 bits per heavy atom. The second kappa shape index (κ2) is 11.6. The smallest absolute Gasteiger partial charge is 0.322 e. The largest absolute Gasteiger partial charge is 0.497 e. The van der Waals surface area contributed by atoms with Gasteiger partial charge in [0.15, 0.2) is 0 Å². The number of hydrogen-bond acceptors (Lipinski definition) is 4. The summed E-state index contributed by atoms with van der Waals surface area (Å²) in [5, 5.41) is 12.8. The Hall–Kier alpha value is -4.33. The summed E-state index contributed by atoms with van der Waals surface area (Å²) in [6, 6.07) is 22.7. The Morgan fingerprint density at radius 2 is 1.67 bits per heavy atom. The summed E-state index contributed by atoms with van der Waals surface area (Å²) in [5.41, 5.74) is 2.11. The van der Waals surface area contributed by atoms with Crippen LogP contribution in [0, 0.1) is 5.92 Å². The van der Waals surface area contributed by atoms with E-state index in [9.17, 15) is 9.59 Å². The van der Waals surface area contributed by atoms with E-state index < -0.39 is 0 Å². The van der Waals surface area contributed by atoms with E-state index in [1.54, 1.807) is 16.7 Å². The number of methoxy groups -OCH3 is 1. The van der Waals surface area contributed by atoms with Crippen LogP contribution in [0.2, 0.25) is 0 Å². The maximum absolute atomic E-state index is 13.4. The number of nitrogens with one attached hydrogen (secondary N) is 2. The fraction of sp³-hybridized carbons (Fsp3) is 0.323. The maximum atomic E-state index is 13.4. The molecule has 1 aromatic heterocycles. The minimum atomic E-state index is -0.325. The molecule has 4 aromatic rings. The monoisotopic (exact) mass is 527 g/mol. The fourth-order valence-electron chi connectivity index (χ4n) is 4.30. The second-order valence-corrected chi connectivity index (χ2v) is 11.1. The summed E-state index contributed by atoms with van der Waals surface area (Å²) < 4.78 is 6.99. The summed E-state index contributed by atoms with van der Waals surface area (Å²) in [6.07, 6.45) is 0. The van der Waals surface area contributed by atoms with Crippen LogP contribution in [0.5, 0.6) is 5.75 Å². The topological polar surface area (TPSA) is 88.5 Å². The van der Waals surface area contributed by atoms with Gasteiger partial charge in [0.25, 0.3) is 0 Å². The number of ether oxygens (including phenoxy) is 1. The molecule has 0 aliphatic rings. The van der Waals surface area contributed by atoms with E-state index in [2.05, 4.69) is 31.4 Å². The van der Waals surface area contributed by atoms with Crippen molar-refractivity contribution in [3.63, 3.8) is 0 Å². The molecule has 3 aromatic carbocycles. The predicted molar refractivity (Wildman–Crippen MR) is 157 cm³/mol. The highest BCUT2D eigenvalue weighted by Crippen LogP contribution is 2.27.